The number of carbonyl (C=O) groups is 2. The number of esters is 2. The Morgan fingerprint density at radius 1 is 0.784 bits per heavy atom. The van der Waals surface area contributed by atoms with Gasteiger partial charge in [0.2, 0.25) is 0 Å². The minimum atomic E-state index is -4.25. The maximum Gasteiger partial charge on any atom is 0.344 e. The summed E-state index contributed by atoms with van der Waals surface area (Å²) in [6.45, 7) is 0.694. The first-order valence-electron chi connectivity index (χ1n) is 10.8. The van der Waals surface area contributed by atoms with Crippen LogP contribution in [-0.4, -0.2) is 34.6 Å². The molecule has 0 saturated carbocycles. The predicted octanol–water partition coefficient (Wildman–Crippen LogP) is 3.74. The molecule has 0 unspecified atom stereocenters. The monoisotopic (exact) mass is 527 g/mol. The molecule has 3 aromatic carbocycles. The average molecular weight is 528 g/mol. The van der Waals surface area contributed by atoms with Gasteiger partial charge in [-0.1, -0.05) is 30.4 Å². The third-order valence-electron chi connectivity index (χ3n) is 4.87. The summed E-state index contributed by atoms with van der Waals surface area (Å²) in [5.41, 5.74) is 1.82. The van der Waals surface area contributed by atoms with Crippen molar-refractivity contribution < 1.29 is 41.1 Å². The van der Waals surface area contributed by atoms with Crippen LogP contribution in [0.1, 0.15) is 34.0 Å². The van der Waals surface area contributed by atoms with Crippen molar-refractivity contribution in [2.45, 2.75) is 13.5 Å². The minimum Gasteiger partial charge on any atom is -0.497 e. The standard InChI is InChI=1S/C26H25NO9S/c1-17(28)35-22-11-8-20(16-34-37(27,30)31)25(15-22)26(29)36-21-9-6-18(7-10-21)4-5-19-12-23(32-2)14-24(13-19)33-3/h4-15H,16H2,1-3H3,(H2,27,30,31)/b5-4+. The Bertz CT molecular complexity index is 1390. The highest BCUT2D eigenvalue weighted by Crippen LogP contribution is 2.25. The first-order valence-corrected chi connectivity index (χ1v) is 12.3. The first-order chi connectivity index (χ1) is 17.6. The van der Waals surface area contributed by atoms with E-state index in [1.807, 2.05) is 24.3 Å². The van der Waals surface area contributed by atoms with Crippen molar-refractivity contribution in [1.82, 2.24) is 0 Å². The van der Waals surface area contributed by atoms with E-state index in [0.717, 1.165) is 11.1 Å². The smallest absolute Gasteiger partial charge is 0.344 e. The van der Waals surface area contributed by atoms with E-state index in [9.17, 15) is 18.0 Å². The zero-order valence-electron chi connectivity index (χ0n) is 20.3. The molecule has 0 heterocycles. The van der Waals surface area contributed by atoms with Gasteiger partial charge in [-0.15, -0.1) is 0 Å². The van der Waals surface area contributed by atoms with Gasteiger partial charge in [0.1, 0.15) is 23.0 Å². The van der Waals surface area contributed by atoms with Crippen molar-refractivity contribution in [3.63, 3.8) is 0 Å². The van der Waals surface area contributed by atoms with E-state index in [-0.39, 0.29) is 22.6 Å². The second-order valence-corrected chi connectivity index (χ2v) is 8.83. The van der Waals surface area contributed by atoms with Crippen LogP contribution in [0.15, 0.2) is 60.7 Å². The topological polar surface area (TPSA) is 140 Å². The number of benzene rings is 3. The van der Waals surface area contributed by atoms with Crippen LogP contribution in [-0.2, 0) is 25.9 Å². The lowest BCUT2D eigenvalue weighted by molar-refractivity contribution is -0.131. The van der Waals surface area contributed by atoms with Crippen LogP contribution in [0.2, 0.25) is 0 Å². The molecule has 0 aliphatic rings. The molecule has 0 aromatic heterocycles. The molecule has 0 aliphatic carbocycles. The van der Waals surface area contributed by atoms with Gasteiger partial charge in [-0.25, -0.2) is 9.93 Å². The normalized spacial score (nSPS) is 11.2. The number of rotatable bonds is 10. The van der Waals surface area contributed by atoms with Crippen LogP contribution < -0.4 is 24.1 Å². The maximum atomic E-state index is 12.9. The summed E-state index contributed by atoms with van der Waals surface area (Å²) in [4.78, 5) is 24.2. The number of nitrogens with two attached hydrogens (primary N) is 1. The molecule has 0 saturated heterocycles. The highest BCUT2D eigenvalue weighted by molar-refractivity contribution is 7.84. The first kappa shape index (κ1) is 27.4. The average Bonchev–Trinajstić information content (AvgIpc) is 2.86. The Kier molecular flexibility index (Phi) is 9.01. The molecule has 10 nitrogen and oxygen atoms in total. The second kappa shape index (κ2) is 12.2. The van der Waals surface area contributed by atoms with Gasteiger partial charge in [-0.3, -0.25) is 8.98 Å². The Hall–Kier alpha value is -4.19. The third kappa shape index (κ3) is 8.46. The van der Waals surface area contributed by atoms with Crippen molar-refractivity contribution >= 4 is 34.4 Å². The minimum absolute atomic E-state index is 0.0571. The van der Waals surface area contributed by atoms with Crippen molar-refractivity contribution in [3.05, 3.63) is 82.9 Å². The lowest BCUT2D eigenvalue weighted by Crippen LogP contribution is -2.18. The Morgan fingerprint density at radius 3 is 1.95 bits per heavy atom. The molecule has 11 heteroatoms. The number of ether oxygens (including phenoxy) is 4. The van der Waals surface area contributed by atoms with Crippen molar-refractivity contribution in [2.24, 2.45) is 5.14 Å². The number of hydrogen-bond donors (Lipinski definition) is 1. The lowest BCUT2D eigenvalue weighted by atomic mass is 10.1. The van der Waals surface area contributed by atoms with Crippen molar-refractivity contribution in [1.29, 1.82) is 0 Å². The summed E-state index contributed by atoms with van der Waals surface area (Å²) in [5, 5.41) is 4.88. The van der Waals surface area contributed by atoms with Gasteiger partial charge in [-0.2, -0.15) is 8.42 Å². The maximum absolute atomic E-state index is 12.9. The molecule has 3 aromatic rings. The molecule has 3 rings (SSSR count). The summed E-state index contributed by atoms with van der Waals surface area (Å²) in [5.74, 6) is 0.230. The van der Waals surface area contributed by atoms with Crippen LogP contribution in [0.25, 0.3) is 12.2 Å². The van der Waals surface area contributed by atoms with Crippen molar-refractivity contribution in [2.75, 3.05) is 14.2 Å². The molecule has 0 spiro atoms. The van der Waals surface area contributed by atoms with Crippen LogP contribution in [0, 0.1) is 0 Å². The fourth-order valence-electron chi connectivity index (χ4n) is 3.17. The molecule has 0 atom stereocenters. The van der Waals surface area contributed by atoms with Gasteiger partial charge >= 0.3 is 22.2 Å². The van der Waals surface area contributed by atoms with Gasteiger partial charge in [0.15, 0.2) is 0 Å². The number of hydrogen-bond acceptors (Lipinski definition) is 9. The second-order valence-electron chi connectivity index (χ2n) is 7.61. The molecular weight excluding hydrogens is 502 g/mol. The van der Waals surface area contributed by atoms with Gasteiger partial charge in [0.25, 0.3) is 0 Å². The molecule has 194 valence electrons. The fraction of sp³-hybridized carbons (Fsp3) is 0.154. The quantitative estimate of drug-likeness (QED) is 0.237. The van der Waals surface area contributed by atoms with E-state index in [1.165, 1.54) is 25.1 Å². The molecule has 37 heavy (non-hydrogen) atoms. The van der Waals surface area contributed by atoms with Crippen LogP contribution in [0.4, 0.5) is 0 Å². The van der Waals surface area contributed by atoms with E-state index in [0.29, 0.717) is 11.5 Å². The van der Waals surface area contributed by atoms with Crippen LogP contribution >= 0.6 is 0 Å². The lowest BCUT2D eigenvalue weighted by Gasteiger charge is -2.11. The summed E-state index contributed by atoms with van der Waals surface area (Å²) >= 11 is 0. The zero-order valence-corrected chi connectivity index (χ0v) is 21.1. The molecule has 0 fully saturated rings. The summed E-state index contributed by atoms with van der Waals surface area (Å²) in [6.07, 6.45) is 3.75. The van der Waals surface area contributed by atoms with E-state index < -0.39 is 28.8 Å². The Labute approximate surface area is 214 Å². The van der Waals surface area contributed by atoms with Crippen molar-refractivity contribution in [3.8, 4) is 23.0 Å². The number of carbonyl (C=O) groups excluding carboxylic acids is 2. The highest BCUT2D eigenvalue weighted by Gasteiger charge is 2.18. The van der Waals surface area contributed by atoms with Gasteiger partial charge in [-0.05, 0) is 53.1 Å². The van der Waals surface area contributed by atoms with Gasteiger partial charge < -0.3 is 18.9 Å². The number of methoxy groups -OCH3 is 2. The highest BCUT2D eigenvalue weighted by atomic mass is 32.2. The van der Waals surface area contributed by atoms with Crippen LogP contribution in [0.5, 0.6) is 23.0 Å². The van der Waals surface area contributed by atoms with E-state index in [1.54, 1.807) is 44.6 Å². The largest absolute Gasteiger partial charge is 0.497 e. The summed E-state index contributed by atoms with van der Waals surface area (Å²) in [7, 11) is -1.10. The zero-order chi connectivity index (χ0) is 27.0. The Morgan fingerprint density at radius 2 is 1.38 bits per heavy atom. The summed E-state index contributed by atoms with van der Waals surface area (Å²) in [6, 6.07) is 16.2. The molecule has 0 amide bonds. The summed E-state index contributed by atoms with van der Waals surface area (Å²) < 4.78 is 48.0. The molecule has 0 bridgehead atoms. The fourth-order valence-corrected chi connectivity index (χ4v) is 3.46. The SMILES string of the molecule is COc1cc(/C=C/c2ccc(OC(=O)c3cc(OC(C)=O)ccc3COS(N)(=O)=O)cc2)cc(OC)c1. The van der Waals surface area contributed by atoms with E-state index >= 15 is 0 Å². The van der Waals surface area contributed by atoms with E-state index in [2.05, 4.69) is 4.18 Å². The molecule has 2 N–H and O–H groups in total. The molecular formula is C26H25NO9S. The molecule has 0 radical (unpaired) electrons. The third-order valence-corrected chi connectivity index (χ3v) is 5.32. The van der Waals surface area contributed by atoms with E-state index in [4.69, 9.17) is 24.1 Å². The predicted molar refractivity (Wildman–Crippen MR) is 136 cm³/mol. The van der Waals surface area contributed by atoms with Gasteiger partial charge in [0.05, 0.1) is 26.4 Å². The Balaban J connectivity index is 1.77. The molecule has 0 aliphatic heterocycles. The van der Waals surface area contributed by atoms with Crippen LogP contribution in [0.3, 0.4) is 0 Å². The van der Waals surface area contributed by atoms with Gasteiger partial charge in [0, 0.05) is 13.0 Å².